The molecule has 0 saturated carbocycles. The van der Waals surface area contributed by atoms with Crippen LogP contribution in [0.5, 0.6) is 0 Å². The molecule has 2 aromatic carbocycles. The first-order chi connectivity index (χ1) is 18.7. The summed E-state index contributed by atoms with van der Waals surface area (Å²) in [6.07, 6.45) is 0.822. The molecule has 0 unspecified atom stereocenters. The molecule has 0 aliphatic heterocycles. The Hall–Kier alpha value is -3.08. The van der Waals surface area contributed by atoms with E-state index in [0.717, 1.165) is 61.2 Å². The molecule has 0 bridgehead atoms. The summed E-state index contributed by atoms with van der Waals surface area (Å²) in [6.45, 7) is 3.97. The van der Waals surface area contributed by atoms with Gasteiger partial charge in [-0.1, -0.05) is 59.8 Å². The fourth-order valence-electron chi connectivity index (χ4n) is 4.60. The van der Waals surface area contributed by atoms with Crippen LogP contribution in [0.15, 0.2) is 71.1 Å². The molecule has 1 aliphatic rings. The van der Waals surface area contributed by atoms with Gasteiger partial charge < -0.3 is 5.32 Å². The maximum absolute atomic E-state index is 13.7. The number of hydrogen-bond acceptors (Lipinski definition) is 5. The van der Waals surface area contributed by atoms with Crippen LogP contribution in [-0.4, -0.2) is 15.5 Å². The fraction of sp³-hybridized carbons (Fsp3) is 0.250. The Labute approximate surface area is 235 Å². The highest BCUT2D eigenvalue weighted by Gasteiger charge is 2.32. The van der Waals surface area contributed by atoms with Crippen molar-refractivity contribution in [1.82, 2.24) is 9.55 Å². The van der Waals surface area contributed by atoms with E-state index >= 15 is 0 Å². The number of benzene rings is 2. The molecule has 0 spiro atoms. The molecule has 1 atom stereocenters. The first-order valence-electron chi connectivity index (χ1n) is 12.2. The highest BCUT2D eigenvalue weighted by Crippen LogP contribution is 2.40. The largest absolute Gasteiger partial charge is 0.416 e. The average molecular weight is 590 g/mol. The molecule has 39 heavy (non-hydrogen) atoms. The fourth-order valence-corrected chi connectivity index (χ4v) is 7.17. The van der Waals surface area contributed by atoms with E-state index in [9.17, 15) is 22.8 Å². The van der Waals surface area contributed by atoms with Crippen LogP contribution >= 0.6 is 34.7 Å². The number of allylic oxidation sites excluding steroid dienone is 1. The van der Waals surface area contributed by atoms with Crippen molar-refractivity contribution < 1.29 is 18.0 Å². The number of thioether (sulfide) groups is 1. The normalized spacial score (nSPS) is 14.2. The number of aryl methyl sites for hydroxylation is 2. The van der Waals surface area contributed by atoms with E-state index < -0.39 is 22.9 Å². The average Bonchev–Trinajstić information content (AvgIpc) is 3.29. The maximum Gasteiger partial charge on any atom is 0.416 e. The number of thiophene rings is 1. The first kappa shape index (κ1) is 27.5. The number of halogens is 4. The van der Waals surface area contributed by atoms with E-state index in [1.54, 1.807) is 36.4 Å². The van der Waals surface area contributed by atoms with Crippen molar-refractivity contribution in [3.63, 3.8) is 0 Å². The topological polar surface area (TPSA) is 64.0 Å². The lowest BCUT2D eigenvalue weighted by Crippen LogP contribution is -2.25. The lowest BCUT2D eigenvalue weighted by atomic mass is 9.97. The van der Waals surface area contributed by atoms with E-state index in [1.165, 1.54) is 20.8 Å². The molecule has 0 saturated heterocycles. The minimum absolute atomic E-state index is 0.0274. The number of anilines is 1. The molecule has 0 radical (unpaired) electrons. The maximum atomic E-state index is 13.7. The number of alkyl halides is 3. The summed E-state index contributed by atoms with van der Waals surface area (Å²) in [5, 5.41) is 2.54. The number of nitrogens with zero attached hydrogens (tertiary/aromatic N) is 2. The van der Waals surface area contributed by atoms with Gasteiger partial charge in [0.2, 0.25) is 5.91 Å². The van der Waals surface area contributed by atoms with Gasteiger partial charge >= 0.3 is 6.18 Å². The van der Waals surface area contributed by atoms with Crippen LogP contribution in [0.3, 0.4) is 0 Å². The molecule has 4 aromatic rings. The molecule has 1 aliphatic carbocycles. The minimum Gasteiger partial charge on any atom is -0.323 e. The molecular weight excluding hydrogens is 567 g/mol. The van der Waals surface area contributed by atoms with Crippen LogP contribution < -0.4 is 10.9 Å². The molecule has 11 heteroatoms. The number of fused-ring (bicyclic) bond motifs is 3. The van der Waals surface area contributed by atoms with Crippen LogP contribution in [0.4, 0.5) is 18.9 Å². The minimum atomic E-state index is -4.60. The van der Waals surface area contributed by atoms with E-state index in [1.807, 2.05) is 0 Å². The number of hydrogen-bond donors (Lipinski definition) is 1. The zero-order valence-electron chi connectivity index (χ0n) is 20.6. The summed E-state index contributed by atoms with van der Waals surface area (Å²) in [7, 11) is 0. The summed E-state index contributed by atoms with van der Waals surface area (Å²) in [6, 6.07) is 11.5. The first-order valence-corrected chi connectivity index (χ1v) is 14.3. The molecule has 1 amide bonds. The predicted octanol–water partition coefficient (Wildman–Crippen LogP) is 7.67. The third-order valence-corrected chi connectivity index (χ3v) is 9.23. The van der Waals surface area contributed by atoms with Crippen molar-refractivity contribution in [3.05, 3.63) is 98.1 Å². The zero-order chi connectivity index (χ0) is 27.7. The van der Waals surface area contributed by atoms with Gasteiger partial charge in [-0.05, 0) is 55.0 Å². The van der Waals surface area contributed by atoms with Crippen molar-refractivity contribution in [3.8, 4) is 0 Å². The molecule has 1 N–H and O–H groups in total. The summed E-state index contributed by atoms with van der Waals surface area (Å²) in [5.41, 5.74) is 0.378. The monoisotopic (exact) mass is 589 g/mol. The lowest BCUT2D eigenvalue weighted by Gasteiger charge is -2.20. The highest BCUT2D eigenvalue weighted by atomic mass is 35.5. The van der Waals surface area contributed by atoms with Gasteiger partial charge in [0.15, 0.2) is 5.16 Å². The van der Waals surface area contributed by atoms with Crippen molar-refractivity contribution in [1.29, 1.82) is 0 Å². The summed E-state index contributed by atoms with van der Waals surface area (Å²) < 4.78 is 41.4. The number of carbonyl (C=O) groups is 1. The van der Waals surface area contributed by atoms with Crippen LogP contribution in [0.2, 0.25) is 5.02 Å². The molecule has 5 nitrogen and oxygen atoms in total. The second kappa shape index (κ2) is 11.2. The summed E-state index contributed by atoms with van der Waals surface area (Å²) >= 11 is 8.71. The van der Waals surface area contributed by atoms with Crippen molar-refractivity contribution in [2.24, 2.45) is 0 Å². The summed E-state index contributed by atoms with van der Waals surface area (Å²) in [5.74, 6) is -0.600. The van der Waals surface area contributed by atoms with E-state index in [4.69, 9.17) is 16.6 Å². The molecule has 202 valence electrons. The standard InChI is InChI=1S/C28H23ClF3N3O2S2/c1-2-14-35-26(37)22-18-10-6-7-11-21(18)38-25(22)34-27(35)39-23(16-8-4-3-5-9-16)24(36)33-20-15-17(28(30,31)32)12-13-19(20)29/h2-5,8-9,12-13,15,23H,1,6-7,10-11,14H2,(H,33,36)/t23-/m0/s1. The van der Waals surface area contributed by atoms with Crippen LogP contribution in [0, 0.1) is 0 Å². The van der Waals surface area contributed by atoms with Crippen LogP contribution in [0.25, 0.3) is 10.2 Å². The quantitative estimate of drug-likeness (QED) is 0.136. The second-order valence-corrected chi connectivity index (χ2v) is 11.6. The SMILES string of the molecule is C=CCn1c(S[C@H](C(=O)Nc2cc(C(F)(F)F)ccc2Cl)c2ccccc2)nc2sc3c(c2c1=O)CCCC3. The Morgan fingerprint density at radius 2 is 1.95 bits per heavy atom. The Morgan fingerprint density at radius 1 is 1.21 bits per heavy atom. The smallest absolute Gasteiger partial charge is 0.323 e. The van der Waals surface area contributed by atoms with Gasteiger partial charge in [0.25, 0.3) is 5.56 Å². The Kier molecular flexibility index (Phi) is 7.89. The molecule has 2 aromatic heterocycles. The van der Waals surface area contributed by atoms with E-state index in [0.29, 0.717) is 20.9 Å². The molecule has 5 rings (SSSR count). The van der Waals surface area contributed by atoms with E-state index in [-0.39, 0.29) is 22.8 Å². The Balaban J connectivity index is 1.57. The van der Waals surface area contributed by atoms with Gasteiger partial charge in [-0.25, -0.2) is 4.98 Å². The van der Waals surface area contributed by atoms with Gasteiger partial charge in [0.1, 0.15) is 10.1 Å². The van der Waals surface area contributed by atoms with Crippen LogP contribution in [-0.2, 0) is 30.4 Å². The summed E-state index contributed by atoms with van der Waals surface area (Å²) in [4.78, 5) is 33.9. The molecular formula is C28H23ClF3N3O2S2. The Bertz CT molecular complexity index is 1620. The zero-order valence-corrected chi connectivity index (χ0v) is 22.9. The molecule has 2 heterocycles. The predicted molar refractivity (Wildman–Crippen MR) is 151 cm³/mol. The van der Waals surface area contributed by atoms with Crippen molar-refractivity contribution in [2.45, 2.75) is 48.8 Å². The number of aromatic nitrogens is 2. The van der Waals surface area contributed by atoms with E-state index in [2.05, 4.69) is 11.9 Å². The van der Waals surface area contributed by atoms with Crippen molar-refractivity contribution >= 4 is 56.5 Å². The third kappa shape index (κ3) is 5.64. The third-order valence-electron chi connectivity index (χ3n) is 6.47. The van der Waals surface area contributed by atoms with Gasteiger partial charge in [-0.2, -0.15) is 13.2 Å². The number of rotatable bonds is 7. The van der Waals surface area contributed by atoms with Crippen LogP contribution in [0.1, 0.15) is 39.7 Å². The highest BCUT2D eigenvalue weighted by molar-refractivity contribution is 8.00. The molecule has 0 fully saturated rings. The van der Waals surface area contributed by atoms with Gasteiger partial charge in [-0.3, -0.25) is 14.2 Å². The van der Waals surface area contributed by atoms with Gasteiger partial charge in [0, 0.05) is 11.4 Å². The lowest BCUT2D eigenvalue weighted by molar-refractivity contribution is -0.137. The number of nitrogens with one attached hydrogen (secondary N) is 1. The van der Waals surface area contributed by atoms with Crippen molar-refractivity contribution in [2.75, 3.05) is 5.32 Å². The Morgan fingerprint density at radius 3 is 2.67 bits per heavy atom. The van der Waals surface area contributed by atoms with Gasteiger partial charge in [0.05, 0.1) is 21.7 Å². The number of carbonyl (C=O) groups excluding carboxylic acids is 1. The number of amides is 1. The second-order valence-electron chi connectivity index (χ2n) is 9.08. The van der Waals surface area contributed by atoms with Gasteiger partial charge in [-0.15, -0.1) is 17.9 Å².